The Kier molecular flexibility index (Phi) is 18.7. The third-order valence-electron chi connectivity index (χ3n) is 14.2. The van der Waals surface area contributed by atoms with Crippen LogP contribution in [0.2, 0.25) is 0 Å². The molecule has 68 heavy (non-hydrogen) atoms. The van der Waals surface area contributed by atoms with Gasteiger partial charge in [-0.05, 0) is 132 Å². The molecule has 0 aromatic heterocycles. The highest BCUT2D eigenvalue weighted by Gasteiger charge is 2.68. The fraction of sp³-hybridized carbons (Fsp3) is 0.612. The lowest BCUT2D eigenvalue weighted by atomic mass is 9.43. The molecule has 10 atom stereocenters. The summed E-state index contributed by atoms with van der Waals surface area (Å²) >= 11 is 0. The summed E-state index contributed by atoms with van der Waals surface area (Å²) in [5.41, 5.74) is 14.7. The van der Waals surface area contributed by atoms with Crippen molar-refractivity contribution >= 4 is 48.5 Å². The molecule has 6 amide bonds. The fourth-order valence-electron chi connectivity index (χ4n) is 9.67. The van der Waals surface area contributed by atoms with E-state index < -0.39 is 90.3 Å². The van der Waals surface area contributed by atoms with Crippen LogP contribution in [0.15, 0.2) is 48.5 Å². The standard InChI is InChI=1S/C49H73BN8O10/c1-8-9-12-31-14-16-32(17-15-31)33-18-20-34(21-19-33)43(61)58-38(27-52)46(64)57-37(22-23-41(59)53-29(3)47(65)66)44(62)54-28(2)42(60)56-36(13-10-11-24-51)45(63)55-30(4)50-67-40-26-35-25-39(48(35,5)6)49(40,7)68-50/h14-21,28-30,35-40H,8-13,22-27,51-52H2,1-7H3,(H,53,59)(H,54,62)(H,55,63)(H,56,60)(H,57,64)(H,58,61)(H,65,66)/t28-,29+,30-,35-,36-,37-,38-,39-,40?,49-/m0/s1. The van der Waals surface area contributed by atoms with Crippen LogP contribution in [0, 0.1) is 17.3 Å². The number of hydrogen-bond acceptors (Lipinski definition) is 11. The monoisotopic (exact) mass is 945 g/mol. The lowest BCUT2D eigenvalue weighted by molar-refractivity contribution is -0.199. The van der Waals surface area contributed by atoms with Crippen LogP contribution >= 0.6 is 0 Å². The Balaban J connectivity index is 1.21. The van der Waals surface area contributed by atoms with E-state index in [-0.39, 0.29) is 42.9 Å². The Morgan fingerprint density at radius 1 is 0.721 bits per heavy atom. The molecule has 1 unspecified atom stereocenters. The zero-order chi connectivity index (χ0) is 49.9. The molecule has 3 aliphatic carbocycles. The van der Waals surface area contributed by atoms with Crippen LogP contribution in [0.25, 0.3) is 11.1 Å². The van der Waals surface area contributed by atoms with Crippen LogP contribution in [0.4, 0.5) is 0 Å². The van der Waals surface area contributed by atoms with Crippen molar-refractivity contribution in [2.24, 2.45) is 28.7 Å². The van der Waals surface area contributed by atoms with Gasteiger partial charge < -0.3 is 57.8 Å². The molecule has 6 rings (SSSR count). The number of benzene rings is 2. The highest BCUT2D eigenvalue weighted by Crippen LogP contribution is 2.65. The van der Waals surface area contributed by atoms with Gasteiger partial charge in [0, 0.05) is 18.5 Å². The van der Waals surface area contributed by atoms with Crippen LogP contribution in [-0.2, 0) is 44.5 Å². The molecular formula is C49H73BN8O10. The number of aliphatic carboxylic acids is 1. The van der Waals surface area contributed by atoms with Gasteiger partial charge in [-0.1, -0.05) is 63.6 Å². The minimum Gasteiger partial charge on any atom is -0.480 e. The van der Waals surface area contributed by atoms with Gasteiger partial charge in [-0.25, -0.2) is 0 Å². The summed E-state index contributed by atoms with van der Waals surface area (Å²) < 4.78 is 12.9. The minimum absolute atomic E-state index is 0.0862. The van der Waals surface area contributed by atoms with Crippen molar-refractivity contribution in [1.29, 1.82) is 0 Å². The maximum absolute atomic E-state index is 13.9. The van der Waals surface area contributed by atoms with Crippen molar-refractivity contribution in [2.75, 3.05) is 13.1 Å². The first-order valence-electron chi connectivity index (χ1n) is 24.2. The number of carboxylic acid groups (broad SMARTS) is 1. The second kappa shape index (κ2) is 23.8. The summed E-state index contributed by atoms with van der Waals surface area (Å²) in [5.74, 6) is -5.12. The molecule has 2 aromatic carbocycles. The minimum atomic E-state index is -1.44. The van der Waals surface area contributed by atoms with E-state index in [4.69, 9.17) is 20.8 Å². The van der Waals surface area contributed by atoms with Crippen LogP contribution in [0.3, 0.4) is 0 Å². The SMILES string of the molecule is CCCCc1ccc(-c2ccc(C(=O)N[C@@H](CN)C(=O)N[C@@H](CCC(=O)N[C@H](C)C(=O)O)C(=O)N[C@@H](C)C(=O)N[C@@H](CCCCN)C(=O)N[C@@H](C)B3OC4C[C@@H]5C[C@@H](C5(C)C)[C@]4(C)O3)cc2)cc1. The van der Waals surface area contributed by atoms with E-state index in [2.05, 4.69) is 71.7 Å². The first kappa shape index (κ1) is 53.6. The quantitative estimate of drug-likeness (QED) is 0.0513. The summed E-state index contributed by atoms with van der Waals surface area (Å²) in [5, 5.41) is 25.0. The Bertz CT molecular complexity index is 2110. The smallest absolute Gasteiger partial charge is 0.480 e. The van der Waals surface area contributed by atoms with Crippen molar-refractivity contribution in [3.63, 3.8) is 0 Å². The lowest BCUT2D eigenvalue weighted by Crippen LogP contribution is -2.65. The number of amides is 6. The van der Waals surface area contributed by atoms with E-state index in [0.717, 1.165) is 43.2 Å². The average molecular weight is 945 g/mol. The van der Waals surface area contributed by atoms with Crippen LogP contribution in [0.5, 0.6) is 0 Å². The normalized spacial score (nSPS) is 22.7. The second-order valence-electron chi connectivity index (χ2n) is 19.6. The maximum Gasteiger partial charge on any atom is 0.481 e. The molecule has 4 fully saturated rings. The van der Waals surface area contributed by atoms with Gasteiger partial charge in [0.15, 0.2) is 0 Å². The molecule has 19 heteroatoms. The largest absolute Gasteiger partial charge is 0.481 e. The first-order valence-corrected chi connectivity index (χ1v) is 24.2. The van der Waals surface area contributed by atoms with Crippen molar-refractivity contribution in [3.05, 3.63) is 59.7 Å². The van der Waals surface area contributed by atoms with Crippen molar-refractivity contribution in [3.8, 4) is 11.1 Å². The number of rotatable bonds is 25. The maximum atomic E-state index is 13.9. The summed E-state index contributed by atoms with van der Waals surface area (Å²) in [6, 6.07) is 8.84. The summed E-state index contributed by atoms with van der Waals surface area (Å²) in [6.45, 7) is 13.3. The Labute approximate surface area is 400 Å². The van der Waals surface area contributed by atoms with Crippen LogP contribution < -0.4 is 43.4 Å². The van der Waals surface area contributed by atoms with E-state index in [9.17, 15) is 38.7 Å². The molecule has 2 aromatic rings. The zero-order valence-electron chi connectivity index (χ0n) is 40.7. The number of carboxylic acids is 1. The Morgan fingerprint density at radius 2 is 1.32 bits per heavy atom. The lowest BCUT2D eigenvalue weighted by Gasteiger charge is -2.64. The number of carbonyl (C=O) groups is 7. The predicted molar refractivity (Wildman–Crippen MR) is 257 cm³/mol. The molecular weight excluding hydrogens is 871 g/mol. The van der Waals surface area contributed by atoms with E-state index in [1.807, 2.05) is 12.1 Å². The molecule has 18 nitrogen and oxygen atoms in total. The van der Waals surface area contributed by atoms with Crippen molar-refractivity contribution in [2.45, 2.75) is 161 Å². The van der Waals surface area contributed by atoms with Crippen LogP contribution in [-0.4, -0.2) is 115 Å². The average Bonchev–Trinajstić information content (AvgIpc) is 3.68. The van der Waals surface area contributed by atoms with Gasteiger partial charge in [0.25, 0.3) is 5.91 Å². The molecule has 1 aliphatic heterocycles. The van der Waals surface area contributed by atoms with Gasteiger partial charge in [-0.15, -0.1) is 0 Å². The molecule has 1 saturated heterocycles. The van der Waals surface area contributed by atoms with Crippen molar-refractivity contribution < 1.29 is 48.0 Å². The topological polar surface area (TPSA) is 282 Å². The predicted octanol–water partition coefficient (Wildman–Crippen LogP) is 2.50. The van der Waals surface area contributed by atoms with E-state index >= 15 is 0 Å². The van der Waals surface area contributed by atoms with Gasteiger partial charge in [0.1, 0.15) is 30.2 Å². The number of aryl methyl sites for hydroxylation is 1. The zero-order valence-corrected chi connectivity index (χ0v) is 40.7. The molecule has 4 aliphatic rings. The molecule has 0 spiro atoms. The first-order chi connectivity index (χ1) is 32.2. The number of nitrogens with two attached hydrogens (primary N) is 2. The van der Waals surface area contributed by atoms with Gasteiger partial charge in [0.05, 0.1) is 17.6 Å². The third-order valence-corrected chi connectivity index (χ3v) is 14.2. The van der Waals surface area contributed by atoms with Crippen molar-refractivity contribution in [1.82, 2.24) is 31.9 Å². The highest BCUT2D eigenvalue weighted by atomic mass is 16.7. The number of nitrogens with one attached hydrogen (secondary N) is 6. The summed E-state index contributed by atoms with van der Waals surface area (Å²) in [7, 11) is -0.688. The molecule has 0 radical (unpaired) electrons. The second-order valence-corrected chi connectivity index (χ2v) is 19.6. The Morgan fingerprint density at radius 3 is 1.93 bits per heavy atom. The summed E-state index contributed by atoms with van der Waals surface area (Å²) in [4.78, 5) is 92.5. The molecule has 11 N–H and O–H groups in total. The highest BCUT2D eigenvalue weighted by molar-refractivity contribution is 6.47. The van der Waals surface area contributed by atoms with Gasteiger partial charge in [-0.3, -0.25) is 33.6 Å². The third kappa shape index (κ3) is 13.2. The summed E-state index contributed by atoms with van der Waals surface area (Å²) in [6.07, 6.45) is 5.75. The van der Waals surface area contributed by atoms with Gasteiger partial charge in [-0.2, -0.15) is 0 Å². The van der Waals surface area contributed by atoms with E-state index in [0.29, 0.717) is 31.2 Å². The number of carbonyl (C=O) groups excluding carboxylic acids is 6. The van der Waals surface area contributed by atoms with E-state index in [1.54, 1.807) is 31.2 Å². The van der Waals surface area contributed by atoms with Gasteiger partial charge in [0.2, 0.25) is 29.5 Å². The fourth-order valence-corrected chi connectivity index (χ4v) is 9.67. The van der Waals surface area contributed by atoms with Crippen LogP contribution in [0.1, 0.15) is 122 Å². The van der Waals surface area contributed by atoms with E-state index in [1.165, 1.54) is 19.4 Å². The Hall–Kier alpha value is -5.37. The van der Waals surface area contributed by atoms with Gasteiger partial charge >= 0.3 is 13.1 Å². The molecule has 1 heterocycles. The number of hydrogen-bond donors (Lipinski definition) is 9. The molecule has 3 saturated carbocycles. The molecule has 372 valence electrons. The molecule has 2 bridgehead atoms. The number of unbranched alkanes of at least 4 members (excludes halogenated alkanes) is 2.